The Hall–Kier alpha value is -1.67. The van der Waals surface area contributed by atoms with Gasteiger partial charge in [-0.15, -0.1) is 0 Å². The van der Waals surface area contributed by atoms with E-state index in [1.54, 1.807) is 6.20 Å². The second kappa shape index (κ2) is 5.60. The first-order valence-corrected chi connectivity index (χ1v) is 5.91. The van der Waals surface area contributed by atoms with E-state index in [1.165, 1.54) is 5.56 Å². The van der Waals surface area contributed by atoms with Gasteiger partial charge in [-0.1, -0.05) is 36.4 Å². The summed E-state index contributed by atoms with van der Waals surface area (Å²) >= 11 is 0. The van der Waals surface area contributed by atoms with Crippen LogP contribution in [0.5, 0.6) is 0 Å². The molecule has 0 bridgehead atoms. The highest BCUT2D eigenvalue weighted by Crippen LogP contribution is 2.19. The second-order valence-electron chi connectivity index (χ2n) is 4.25. The fourth-order valence-corrected chi connectivity index (χ4v) is 1.93. The van der Waals surface area contributed by atoms with E-state index in [0.717, 1.165) is 17.7 Å². The lowest BCUT2D eigenvalue weighted by molar-refractivity contribution is 0.162. The van der Waals surface area contributed by atoms with Crippen molar-refractivity contribution in [1.29, 1.82) is 0 Å². The van der Waals surface area contributed by atoms with Gasteiger partial charge in [-0.25, -0.2) is 0 Å². The van der Waals surface area contributed by atoms with Gasteiger partial charge in [0, 0.05) is 6.20 Å². The topological polar surface area (TPSA) is 33.1 Å². The summed E-state index contributed by atoms with van der Waals surface area (Å²) < 4.78 is 0. The van der Waals surface area contributed by atoms with Crippen LogP contribution in [-0.4, -0.2) is 10.1 Å². The number of benzene rings is 1. The predicted molar refractivity (Wildman–Crippen MR) is 68.7 cm³/mol. The maximum Gasteiger partial charge on any atom is 0.0965 e. The molecule has 88 valence electrons. The minimum atomic E-state index is -0.476. The first-order valence-electron chi connectivity index (χ1n) is 5.91. The summed E-state index contributed by atoms with van der Waals surface area (Å²) in [4.78, 5) is 4.24. The van der Waals surface area contributed by atoms with Crippen LogP contribution < -0.4 is 0 Å². The molecule has 0 amide bonds. The van der Waals surface area contributed by atoms with Crippen LogP contribution in [0.2, 0.25) is 0 Å². The summed E-state index contributed by atoms with van der Waals surface area (Å²) in [6.45, 7) is 1.98. The average molecular weight is 227 g/mol. The largest absolute Gasteiger partial charge is 0.387 e. The van der Waals surface area contributed by atoms with E-state index in [2.05, 4.69) is 17.1 Å². The molecule has 0 radical (unpaired) electrons. The highest BCUT2D eigenvalue weighted by molar-refractivity contribution is 5.20. The van der Waals surface area contributed by atoms with Gasteiger partial charge in [0.25, 0.3) is 0 Å². The number of rotatable bonds is 4. The minimum Gasteiger partial charge on any atom is -0.387 e. The first-order chi connectivity index (χ1) is 8.27. The minimum absolute atomic E-state index is 0.476. The van der Waals surface area contributed by atoms with E-state index >= 15 is 0 Å². The van der Waals surface area contributed by atoms with Crippen molar-refractivity contribution >= 4 is 0 Å². The second-order valence-corrected chi connectivity index (χ2v) is 4.25. The Balaban J connectivity index is 1.99. The molecule has 0 aliphatic carbocycles. The maximum absolute atomic E-state index is 10.1. The first kappa shape index (κ1) is 11.8. The molecule has 1 aromatic carbocycles. The summed E-state index contributed by atoms with van der Waals surface area (Å²) in [5, 5.41) is 10.1. The van der Waals surface area contributed by atoms with E-state index in [1.807, 2.05) is 37.3 Å². The molecule has 2 rings (SSSR count). The van der Waals surface area contributed by atoms with E-state index in [0.29, 0.717) is 6.42 Å². The van der Waals surface area contributed by atoms with Crippen molar-refractivity contribution in [3.8, 4) is 0 Å². The quantitative estimate of drug-likeness (QED) is 0.870. The van der Waals surface area contributed by atoms with Gasteiger partial charge >= 0.3 is 0 Å². The number of pyridine rings is 1. The van der Waals surface area contributed by atoms with Gasteiger partial charge in [-0.05, 0) is 37.0 Å². The lowest BCUT2D eigenvalue weighted by Crippen LogP contribution is -2.04. The summed E-state index contributed by atoms with van der Waals surface area (Å²) in [5.74, 6) is 0. The van der Waals surface area contributed by atoms with E-state index < -0.39 is 6.10 Å². The molecule has 1 atom stereocenters. The maximum atomic E-state index is 10.1. The molecule has 2 aromatic rings. The molecule has 0 saturated carbocycles. The molecular formula is C15H17NO. The third kappa shape index (κ3) is 3.14. The summed E-state index contributed by atoms with van der Waals surface area (Å²) in [5.41, 5.74) is 3.09. The fraction of sp³-hybridized carbons (Fsp3) is 0.267. The van der Waals surface area contributed by atoms with Crippen LogP contribution in [-0.2, 0) is 6.42 Å². The van der Waals surface area contributed by atoms with Crippen molar-refractivity contribution in [1.82, 2.24) is 4.98 Å². The van der Waals surface area contributed by atoms with Crippen LogP contribution in [0, 0.1) is 6.92 Å². The molecule has 1 N–H and O–H groups in total. The van der Waals surface area contributed by atoms with Crippen LogP contribution in [0.3, 0.4) is 0 Å². The number of nitrogens with zero attached hydrogens (tertiary/aromatic N) is 1. The van der Waals surface area contributed by atoms with Crippen LogP contribution in [0.25, 0.3) is 0 Å². The van der Waals surface area contributed by atoms with Crippen molar-refractivity contribution in [3.63, 3.8) is 0 Å². The molecule has 0 aliphatic heterocycles. The summed E-state index contributed by atoms with van der Waals surface area (Å²) in [6, 6.07) is 14.1. The molecular weight excluding hydrogens is 210 g/mol. The van der Waals surface area contributed by atoms with Crippen molar-refractivity contribution in [2.45, 2.75) is 25.9 Å². The predicted octanol–water partition coefficient (Wildman–Crippen LogP) is 3.06. The van der Waals surface area contributed by atoms with Gasteiger partial charge in [0.1, 0.15) is 0 Å². The molecule has 1 heterocycles. The van der Waals surface area contributed by atoms with Crippen LogP contribution in [0.15, 0.2) is 48.7 Å². The van der Waals surface area contributed by atoms with Gasteiger partial charge in [-0.2, -0.15) is 0 Å². The normalized spacial score (nSPS) is 12.4. The Kier molecular flexibility index (Phi) is 3.89. The van der Waals surface area contributed by atoms with E-state index in [4.69, 9.17) is 0 Å². The van der Waals surface area contributed by atoms with Crippen LogP contribution in [0.1, 0.15) is 29.3 Å². The van der Waals surface area contributed by atoms with Gasteiger partial charge in [0.2, 0.25) is 0 Å². The van der Waals surface area contributed by atoms with Gasteiger partial charge < -0.3 is 5.11 Å². The lowest BCUT2D eigenvalue weighted by atomic mass is 10.0. The SMILES string of the molecule is Cc1cccnc1C(O)CCc1ccccc1. The number of hydrogen-bond acceptors (Lipinski definition) is 2. The Morgan fingerprint density at radius 3 is 2.59 bits per heavy atom. The molecule has 2 nitrogen and oxygen atoms in total. The van der Waals surface area contributed by atoms with Gasteiger partial charge in [0.05, 0.1) is 11.8 Å². The Labute approximate surface area is 102 Å². The van der Waals surface area contributed by atoms with Crippen molar-refractivity contribution in [2.24, 2.45) is 0 Å². The van der Waals surface area contributed by atoms with E-state index in [9.17, 15) is 5.11 Å². The molecule has 17 heavy (non-hydrogen) atoms. The van der Waals surface area contributed by atoms with Gasteiger partial charge in [-0.3, -0.25) is 4.98 Å². The Morgan fingerprint density at radius 2 is 1.88 bits per heavy atom. The van der Waals surface area contributed by atoms with Crippen LogP contribution in [0.4, 0.5) is 0 Å². The third-order valence-electron chi connectivity index (χ3n) is 2.91. The standard InChI is InChI=1S/C15H17NO/c1-12-6-5-11-16-15(12)14(17)10-9-13-7-3-2-4-8-13/h2-8,11,14,17H,9-10H2,1H3. The average Bonchev–Trinajstić information content (AvgIpc) is 2.38. The van der Waals surface area contributed by atoms with Crippen molar-refractivity contribution in [2.75, 3.05) is 0 Å². The smallest absolute Gasteiger partial charge is 0.0965 e. The molecule has 1 unspecified atom stereocenters. The van der Waals surface area contributed by atoms with E-state index in [-0.39, 0.29) is 0 Å². The highest BCUT2D eigenvalue weighted by Gasteiger charge is 2.11. The van der Waals surface area contributed by atoms with Crippen molar-refractivity contribution < 1.29 is 5.11 Å². The molecule has 0 saturated heterocycles. The number of aromatic nitrogens is 1. The number of hydrogen-bond donors (Lipinski definition) is 1. The Morgan fingerprint density at radius 1 is 1.12 bits per heavy atom. The molecule has 0 fully saturated rings. The zero-order valence-electron chi connectivity index (χ0n) is 10.0. The zero-order valence-corrected chi connectivity index (χ0v) is 10.0. The monoisotopic (exact) mass is 227 g/mol. The lowest BCUT2D eigenvalue weighted by Gasteiger charge is -2.12. The Bertz CT molecular complexity index is 467. The van der Waals surface area contributed by atoms with Gasteiger partial charge in [0.15, 0.2) is 0 Å². The zero-order chi connectivity index (χ0) is 12.1. The number of aryl methyl sites for hydroxylation is 2. The third-order valence-corrected chi connectivity index (χ3v) is 2.91. The summed E-state index contributed by atoms with van der Waals surface area (Å²) in [6.07, 6.45) is 2.84. The fourth-order valence-electron chi connectivity index (χ4n) is 1.93. The van der Waals surface area contributed by atoms with Crippen LogP contribution >= 0.6 is 0 Å². The highest BCUT2D eigenvalue weighted by atomic mass is 16.3. The van der Waals surface area contributed by atoms with Crippen molar-refractivity contribution in [3.05, 3.63) is 65.5 Å². The molecule has 1 aromatic heterocycles. The molecule has 0 aliphatic rings. The molecule has 0 spiro atoms. The molecule has 2 heteroatoms. The number of aliphatic hydroxyl groups excluding tert-OH is 1. The summed E-state index contributed by atoms with van der Waals surface area (Å²) in [7, 11) is 0. The number of aliphatic hydroxyl groups is 1.